The first-order chi connectivity index (χ1) is 29.1. The minimum Gasteiger partial charge on any atom is -0.466 e. The number of hydrogen-bond acceptors (Lipinski definition) is 10. The lowest BCUT2D eigenvalue weighted by atomic mass is 9.73. The van der Waals surface area contributed by atoms with Crippen LogP contribution in [0.25, 0.3) is 0 Å². The van der Waals surface area contributed by atoms with Crippen LogP contribution in [0.15, 0.2) is 104 Å². The van der Waals surface area contributed by atoms with Crippen LogP contribution in [0, 0.1) is 15.6 Å². The van der Waals surface area contributed by atoms with Crippen molar-refractivity contribution in [3.8, 4) is 5.75 Å². The third-order valence-electron chi connectivity index (χ3n) is 11.0. The van der Waals surface area contributed by atoms with Crippen LogP contribution in [0.4, 0.5) is 0 Å². The average Bonchev–Trinajstić information content (AvgIpc) is 3.61. The molecule has 6 aromatic rings. The summed E-state index contributed by atoms with van der Waals surface area (Å²) in [5.41, 5.74) is -0.570. The van der Waals surface area contributed by atoms with E-state index in [0.717, 1.165) is 29.8 Å². The van der Waals surface area contributed by atoms with Crippen LogP contribution < -0.4 is 4.74 Å². The summed E-state index contributed by atoms with van der Waals surface area (Å²) in [7, 11) is 0. The number of alkyl halides is 1. The maximum Gasteiger partial charge on any atom is 0.219 e. The van der Waals surface area contributed by atoms with E-state index in [1.54, 1.807) is 40.0 Å². The second-order valence-corrected chi connectivity index (χ2v) is 20.0. The van der Waals surface area contributed by atoms with Crippen LogP contribution in [0.5, 0.6) is 5.75 Å². The number of aliphatic hydroxyl groups excluding tert-OH is 1. The van der Waals surface area contributed by atoms with Gasteiger partial charge in [0.05, 0.1) is 23.6 Å². The van der Waals surface area contributed by atoms with E-state index >= 15 is 0 Å². The molecule has 13 nitrogen and oxygen atoms in total. The highest BCUT2D eigenvalue weighted by atomic mass is 35.5. The third-order valence-corrected chi connectivity index (χ3v) is 12.9. The minimum atomic E-state index is -1.13. The van der Waals surface area contributed by atoms with Gasteiger partial charge in [0.2, 0.25) is 11.0 Å². The molecular weight excluding hydrogens is 916 g/mol. The molecule has 350 valence electrons. The molecule has 1 aliphatic rings. The molecule has 3 aromatic carbocycles. The van der Waals surface area contributed by atoms with Crippen molar-refractivity contribution in [2.75, 3.05) is 0 Å². The molecule has 4 atom stereocenters. The van der Waals surface area contributed by atoms with Crippen LogP contribution in [-0.2, 0) is 25.9 Å². The van der Waals surface area contributed by atoms with Gasteiger partial charge in [0, 0.05) is 21.5 Å². The van der Waals surface area contributed by atoms with Gasteiger partial charge in [0.15, 0.2) is 0 Å². The number of aromatic nitrogens is 9. The smallest absolute Gasteiger partial charge is 0.219 e. The zero-order chi connectivity index (χ0) is 45.3. The van der Waals surface area contributed by atoms with Gasteiger partial charge in [-0.15, -0.1) is 11.6 Å². The molecule has 1 fully saturated rings. The Hall–Kier alpha value is -3.86. The van der Waals surface area contributed by atoms with E-state index < -0.39 is 28.4 Å². The van der Waals surface area contributed by atoms with Crippen LogP contribution in [-0.4, -0.2) is 81.8 Å². The normalized spacial score (nSPS) is 15.8. The summed E-state index contributed by atoms with van der Waals surface area (Å²) in [4.78, 5) is 11.2. The van der Waals surface area contributed by atoms with Gasteiger partial charge in [0.25, 0.3) is 0 Å². The second-order valence-electron chi connectivity index (χ2n) is 17.7. The lowest BCUT2D eigenvalue weighted by Gasteiger charge is -2.40. The van der Waals surface area contributed by atoms with Crippen LogP contribution in [0.3, 0.4) is 0 Å². The highest BCUT2D eigenvalue weighted by Crippen LogP contribution is 2.53. The summed E-state index contributed by atoms with van der Waals surface area (Å²) in [6, 6.07) is 22.2. The summed E-state index contributed by atoms with van der Waals surface area (Å²) in [6.45, 7) is 12.7. The number of nitrogens with zero attached hydrogens (tertiary/aromatic N) is 8. The van der Waals surface area contributed by atoms with Crippen molar-refractivity contribution in [1.82, 2.24) is 44.3 Å². The third kappa shape index (κ3) is 14.8. The van der Waals surface area contributed by atoms with E-state index in [-0.39, 0.29) is 32.2 Å². The molecule has 3 aromatic heterocycles. The van der Waals surface area contributed by atoms with Gasteiger partial charge in [-0.05, 0) is 102 Å². The highest BCUT2D eigenvalue weighted by Gasteiger charge is 2.58. The zero-order valence-electron chi connectivity index (χ0n) is 35.7. The van der Waals surface area contributed by atoms with Gasteiger partial charge in [-0.1, -0.05) is 122 Å². The first kappa shape index (κ1) is 54.5. The maximum absolute atomic E-state index is 11.2. The number of nitrogens with one attached hydrogen (secondary N) is 1. The predicted octanol–water partition coefficient (Wildman–Crippen LogP) is 10.9. The highest BCUT2D eigenvalue weighted by molar-refractivity contribution is 7.71. The molecule has 4 N–H and O–H groups in total. The molecule has 3 heterocycles. The summed E-state index contributed by atoms with van der Waals surface area (Å²) in [6.07, 6.45) is 9.53. The molecule has 0 aliphatic heterocycles. The Morgan fingerprint density at radius 3 is 1.92 bits per heavy atom. The number of benzene rings is 3. The van der Waals surface area contributed by atoms with E-state index in [1.807, 2.05) is 90.1 Å². The molecule has 0 radical (unpaired) electrons. The van der Waals surface area contributed by atoms with Crippen molar-refractivity contribution in [1.29, 1.82) is 0 Å². The lowest BCUT2D eigenvalue weighted by Crippen LogP contribution is -2.47. The standard InChI is InChI=1S/C16H22ClN3O.C14H15Cl2N3OS.C14H18ClN3O2.2CH4/c1-15(2,3)16(21,10-20-12-18-11-19-20)9-8-13-4-6-14(17)7-5-13;15-11-4-2-1-3-10(11)7-14(20,13(16)5-6-13)8-19-12(21)17-9-18-19;1-14(2,3)12(19)13(18-9-16-8-17-18)20-11-6-4-10(15)5-7-11;;/h4-7,11-12,21H,8-10H2,1-3H3;1-4,9,20H,5-8H2,(H,17,18,21);4-9,12-13,19H,1-3H3;2*1H4. The Morgan fingerprint density at radius 1 is 0.828 bits per heavy atom. The van der Waals surface area contributed by atoms with Crippen molar-refractivity contribution < 1.29 is 20.1 Å². The fourth-order valence-corrected chi connectivity index (χ4v) is 7.36. The quantitative estimate of drug-likeness (QED) is 0.0610. The number of halogens is 4. The van der Waals surface area contributed by atoms with E-state index in [0.29, 0.717) is 40.0 Å². The number of rotatable bonds is 14. The number of H-pyrrole nitrogens is 1. The summed E-state index contributed by atoms with van der Waals surface area (Å²) >= 11 is 29.6. The summed E-state index contributed by atoms with van der Waals surface area (Å²) < 4.78 is 11.1. The topological polar surface area (TPSA) is 165 Å². The Morgan fingerprint density at radius 2 is 1.42 bits per heavy atom. The van der Waals surface area contributed by atoms with Crippen molar-refractivity contribution in [3.63, 3.8) is 0 Å². The van der Waals surface area contributed by atoms with Gasteiger partial charge in [-0.25, -0.2) is 19.6 Å². The number of hydrogen-bond donors (Lipinski definition) is 4. The Labute approximate surface area is 402 Å². The molecule has 4 unspecified atom stereocenters. The van der Waals surface area contributed by atoms with Crippen molar-refractivity contribution in [2.24, 2.45) is 10.8 Å². The molecule has 1 saturated carbocycles. The number of aliphatic hydroxyl groups is 3. The van der Waals surface area contributed by atoms with Gasteiger partial charge >= 0.3 is 0 Å². The number of aryl methyl sites for hydroxylation is 1. The van der Waals surface area contributed by atoms with Crippen molar-refractivity contribution in [2.45, 2.75) is 130 Å². The first-order valence-electron chi connectivity index (χ1n) is 20.1. The summed E-state index contributed by atoms with van der Waals surface area (Å²) in [5.74, 6) is 0.609. The molecular formula is C46H63Cl4N9O4S. The Bertz CT molecular complexity index is 2330. The predicted molar refractivity (Wildman–Crippen MR) is 260 cm³/mol. The van der Waals surface area contributed by atoms with Crippen LogP contribution >= 0.6 is 58.6 Å². The fraction of sp³-hybridized carbons (Fsp3) is 0.478. The fourth-order valence-electron chi connectivity index (χ4n) is 6.51. The minimum absolute atomic E-state index is 0. The molecule has 0 saturated heterocycles. The SMILES string of the molecule is C.C.CC(C)(C)C(O)(CCc1ccc(Cl)cc1)Cn1cncn1.CC(C)(C)C(O)C(Oc1ccc(Cl)cc1)n1cncn1.OC(Cc1ccccc1Cl)(Cn1[nH]cnc1=S)C1(Cl)CC1. The van der Waals surface area contributed by atoms with Crippen molar-refractivity contribution >= 4 is 58.6 Å². The Kier molecular flexibility index (Phi) is 19.6. The van der Waals surface area contributed by atoms with Gasteiger partial charge in [0.1, 0.15) is 49.1 Å². The lowest BCUT2D eigenvalue weighted by molar-refractivity contribution is -0.0796. The molecule has 0 bridgehead atoms. The van der Waals surface area contributed by atoms with E-state index in [1.165, 1.54) is 35.6 Å². The van der Waals surface area contributed by atoms with Gasteiger partial charge in [-0.2, -0.15) is 10.2 Å². The zero-order valence-corrected chi connectivity index (χ0v) is 39.5. The van der Waals surface area contributed by atoms with E-state index in [2.05, 4.69) is 30.2 Å². The largest absolute Gasteiger partial charge is 0.466 e. The van der Waals surface area contributed by atoms with Crippen LogP contribution in [0.2, 0.25) is 15.1 Å². The number of aromatic amines is 1. The van der Waals surface area contributed by atoms with E-state index in [9.17, 15) is 15.3 Å². The van der Waals surface area contributed by atoms with Crippen LogP contribution in [0.1, 0.15) is 93.0 Å². The monoisotopic (exact) mass is 977 g/mol. The Balaban J connectivity index is 0.000000251. The van der Waals surface area contributed by atoms with E-state index in [4.69, 9.17) is 63.4 Å². The summed E-state index contributed by atoms with van der Waals surface area (Å²) in [5, 5.41) is 45.9. The first-order valence-corrected chi connectivity index (χ1v) is 22.0. The molecule has 1 aliphatic carbocycles. The molecule has 64 heavy (non-hydrogen) atoms. The molecule has 7 rings (SSSR count). The molecule has 0 spiro atoms. The molecule has 0 amide bonds. The average molecular weight is 980 g/mol. The van der Waals surface area contributed by atoms with Crippen molar-refractivity contribution in [3.05, 3.63) is 135 Å². The van der Waals surface area contributed by atoms with Gasteiger partial charge < -0.3 is 20.1 Å². The maximum atomic E-state index is 11.2. The molecule has 18 heteroatoms. The van der Waals surface area contributed by atoms with Gasteiger partial charge in [-0.3, -0.25) is 14.5 Å². The second kappa shape index (κ2) is 23.0. The number of ether oxygens (including phenoxy) is 1.